The summed E-state index contributed by atoms with van der Waals surface area (Å²) in [6.45, 7) is 4.76. The van der Waals surface area contributed by atoms with Gasteiger partial charge < -0.3 is 4.90 Å². The molecule has 1 aromatic heterocycles. The zero-order valence-electron chi connectivity index (χ0n) is 11.2. The number of benzene rings is 1. The van der Waals surface area contributed by atoms with Crippen molar-refractivity contribution in [1.29, 1.82) is 0 Å². The molecule has 0 fully saturated rings. The summed E-state index contributed by atoms with van der Waals surface area (Å²) in [6.07, 6.45) is 0. The highest BCUT2D eigenvalue weighted by Crippen LogP contribution is 2.33. The fourth-order valence-corrected chi connectivity index (χ4v) is 3.05. The van der Waals surface area contributed by atoms with E-state index in [1.54, 1.807) is 23.5 Å². The number of anilines is 1. The van der Waals surface area contributed by atoms with Crippen molar-refractivity contribution in [3.05, 3.63) is 55.2 Å². The Bertz CT molecular complexity index is 599. The molecule has 0 atom stereocenters. The molecule has 0 aliphatic rings. The van der Waals surface area contributed by atoms with Crippen molar-refractivity contribution in [2.45, 2.75) is 26.4 Å². The number of rotatable bonds is 5. The zero-order chi connectivity index (χ0) is 14.7. The van der Waals surface area contributed by atoms with E-state index in [0.29, 0.717) is 16.7 Å². The largest absolute Gasteiger partial charge is 0.358 e. The summed E-state index contributed by atoms with van der Waals surface area (Å²) in [4.78, 5) is 14.2. The molecule has 0 amide bonds. The first-order valence-corrected chi connectivity index (χ1v) is 7.89. The Balaban J connectivity index is 2.41. The number of nitro benzene ring substituents is 1. The van der Waals surface area contributed by atoms with E-state index in [1.807, 2.05) is 37.4 Å². The number of nitrogens with zero attached hydrogens (tertiary/aromatic N) is 2. The van der Waals surface area contributed by atoms with Crippen LogP contribution >= 0.6 is 27.3 Å². The Morgan fingerprint density at radius 1 is 1.40 bits per heavy atom. The van der Waals surface area contributed by atoms with Gasteiger partial charge in [0.2, 0.25) is 0 Å². The predicted octanol–water partition coefficient (Wildman–Crippen LogP) is 4.83. The molecule has 0 unspecified atom stereocenters. The first-order valence-electron chi connectivity index (χ1n) is 6.22. The second-order valence-electron chi connectivity index (χ2n) is 4.69. The smallest absolute Gasteiger partial charge is 0.293 e. The molecule has 0 bridgehead atoms. The standard InChI is InChI=1S/C14H15BrN2O2S/c1-10(2)16(9-12-4-3-7-20-12)13-6-5-11(15)8-14(13)17(18)19/h3-8,10H,9H2,1-2H3. The molecule has 0 saturated heterocycles. The van der Waals surface area contributed by atoms with Gasteiger partial charge in [-0.3, -0.25) is 10.1 Å². The molecule has 1 heterocycles. The summed E-state index contributed by atoms with van der Waals surface area (Å²) in [5, 5.41) is 13.3. The molecule has 0 saturated carbocycles. The summed E-state index contributed by atoms with van der Waals surface area (Å²) in [5.41, 5.74) is 0.784. The van der Waals surface area contributed by atoms with Crippen molar-refractivity contribution in [3.8, 4) is 0 Å². The fourth-order valence-electron chi connectivity index (χ4n) is 2.00. The van der Waals surface area contributed by atoms with Crippen LogP contribution in [0.1, 0.15) is 18.7 Å². The molecule has 106 valence electrons. The van der Waals surface area contributed by atoms with Crippen molar-refractivity contribution in [2.24, 2.45) is 0 Å². The Morgan fingerprint density at radius 3 is 2.70 bits per heavy atom. The van der Waals surface area contributed by atoms with Crippen molar-refractivity contribution >= 4 is 38.6 Å². The molecule has 0 radical (unpaired) electrons. The topological polar surface area (TPSA) is 46.4 Å². The van der Waals surface area contributed by atoms with Crippen molar-refractivity contribution in [2.75, 3.05) is 4.90 Å². The third-order valence-corrected chi connectivity index (χ3v) is 4.33. The highest BCUT2D eigenvalue weighted by molar-refractivity contribution is 9.10. The maximum atomic E-state index is 11.3. The number of hydrogen-bond acceptors (Lipinski definition) is 4. The van der Waals surface area contributed by atoms with Gasteiger partial charge in [0, 0.05) is 21.5 Å². The van der Waals surface area contributed by atoms with Crippen LogP contribution < -0.4 is 4.90 Å². The monoisotopic (exact) mass is 354 g/mol. The van der Waals surface area contributed by atoms with Gasteiger partial charge in [-0.05, 0) is 37.4 Å². The molecule has 2 aromatic rings. The molecular weight excluding hydrogens is 340 g/mol. The molecule has 4 nitrogen and oxygen atoms in total. The van der Waals surface area contributed by atoms with E-state index in [-0.39, 0.29) is 16.7 Å². The van der Waals surface area contributed by atoms with E-state index < -0.39 is 0 Å². The Kier molecular flexibility index (Phi) is 4.77. The molecule has 0 spiro atoms. The summed E-state index contributed by atoms with van der Waals surface area (Å²) in [5.74, 6) is 0. The van der Waals surface area contributed by atoms with E-state index in [2.05, 4.69) is 20.8 Å². The highest BCUT2D eigenvalue weighted by Gasteiger charge is 2.22. The average molecular weight is 355 g/mol. The molecule has 20 heavy (non-hydrogen) atoms. The second-order valence-corrected chi connectivity index (χ2v) is 6.64. The highest BCUT2D eigenvalue weighted by atomic mass is 79.9. The lowest BCUT2D eigenvalue weighted by molar-refractivity contribution is -0.384. The van der Waals surface area contributed by atoms with Crippen molar-refractivity contribution in [1.82, 2.24) is 0 Å². The van der Waals surface area contributed by atoms with E-state index in [1.165, 1.54) is 4.88 Å². The molecule has 2 rings (SSSR count). The predicted molar refractivity (Wildman–Crippen MR) is 86.4 cm³/mol. The average Bonchev–Trinajstić information content (AvgIpc) is 2.89. The van der Waals surface area contributed by atoms with Gasteiger partial charge in [-0.25, -0.2) is 0 Å². The van der Waals surface area contributed by atoms with Gasteiger partial charge >= 0.3 is 0 Å². The molecule has 0 aliphatic heterocycles. The minimum atomic E-state index is -0.329. The molecule has 0 aliphatic carbocycles. The second kappa shape index (κ2) is 6.37. The van der Waals surface area contributed by atoms with E-state index in [0.717, 1.165) is 0 Å². The van der Waals surface area contributed by atoms with E-state index in [4.69, 9.17) is 0 Å². The summed E-state index contributed by atoms with van der Waals surface area (Å²) >= 11 is 4.95. The number of nitro groups is 1. The van der Waals surface area contributed by atoms with Gasteiger partial charge in [0.25, 0.3) is 5.69 Å². The summed E-state index contributed by atoms with van der Waals surface area (Å²) < 4.78 is 0.716. The first kappa shape index (κ1) is 15.0. The lowest BCUT2D eigenvalue weighted by atomic mass is 10.2. The van der Waals surface area contributed by atoms with Crippen molar-refractivity contribution in [3.63, 3.8) is 0 Å². The summed E-state index contributed by atoms with van der Waals surface area (Å²) in [6, 6.07) is 9.41. The van der Waals surface area contributed by atoms with E-state index in [9.17, 15) is 10.1 Å². The van der Waals surface area contributed by atoms with Crippen LogP contribution in [0.25, 0.3) is 0 Å². The van der Waals surface area contributed by atoms with Gasteiger partial charge in [0.15, 0.2) is 0 Å². The minimum absolute atomic E-state index is 0.129. The molecule has 0 N–H and O–H groups in total. The third kappa shape index (κ3) is 3.37. The van der Waals surface area contributed by atoms with Crippen LogP contribution in [-0.4, -0.2) is 11.0 Å². The van der Waals surface area contributed by atoms with Gasteiger partial charge in [0.05, 0.1) is 11.5 Å². The maximum absolute atomic E-state index is 11.3. The zero-order valence-corrected chi connectivity index (χ0v) is 13.6. The molecule has 1 aromatic carbocycles. The van der Waals surface area contributed by atoms with Crippen LogP contribution in [0, 0.1) is 10.1 Å². The van der Waals surface area contributed by atoms with Crippen LogP contribution in [0.15, 0.2) is 40.2 Å². The van der Waals surface area contributed by atoms with Gasteiger partial charge in [-0.2, -0.15) is 0 Å². The summed E-state index contributed by atoms with van der Waals surface area (Å²) in [7, 11) is 0. The van der Waals surface area contributed by atoms with Gasteiger partial charge in [-0.15, -0.1) is 11.3 Å². The fraction of sp³-hybridized carbons (Fsp3) is 0.286. The van der Waals surface area contributed by atoms with Crippen LogP contribution in [0.3, 0.4) is 0 Å². The van der Waals surface area contributed by atoms with Crippen molar-refractivity contribution < 1.29 is 4.92 Å². The SMILES string of the molecule is CC(C)N(Cc1cccs1)c1ccc(Br)cc1[N+](=O)[O-]. The van der Waals surface area contributed by atoms with Crippen LogP contribution in [0.5, 0.6) is 0 Å². The Hall–Kier alpha value is -1.40. The lowest BCUT2D eigenvalue weighted by Gasteiger charge is -2.28. The maximum Gasteiger partial charge on any atom is 0.293 e. The van der Waals surface area contributed by atoms with Gasteiger partial charge in [-0.1, -0.05) is 22.0 Å². The number of hydrogen-bond donors (Lipinski definition) is 0. The number of thiophene rings is 1. The molecule has 6 heteroatoms. The normalized spacial score (nSPS) is 10.8. The van der Waals surface area contributed by atoms with Gasteiger partial charge in [0.1, 0.15) is 5.69 Å². The van der Waals surface area contributed by atoms with E-state index >= 15 is 0 Å². The van der Waals surface area contributed by atoms with Crippen LogP contribution in [0.2, 0.25) is 0 Å². The first-order chi connectivity index (χ1) is 9.49. The quantitative estimate of drug-likeness (QED) is 0.570. The Morgan fingerprint density at radius 2 is 2.15 bits per heavy atom. The minimum Gasteiger partial charge on any atom is -0.358 e. The molecular formula is C14H15BrN2O2S. The number of halogens is 1. The van der Waals surface area contributed by atoms with Crippen LogP contribution in [0.4, 0.5) is 11.4 Å². The lowest BCUT2D eigenvalue weighted by Crippen LogP contribution is -2.30. The Labute approximate surface area is 130 Å². The third-order valence-electron chi connectivity index (χ3n) is 2.97. The van der Waals surface area contributed by atoms with Crippen LogP contribution in [-0.2, 0) is 6.54 Å².